The van der Waals surface area contributed by atoms with Crippen LogP contribution < -0.4 is 15.5 Å². The van der Waals surface area contributed by atoms with Gasteiger partial charge in [-0.3, -0.25) is 4.79 Å². The highest BCUT2D eigenvalue weighted by atomic mass is 16.1. The Morgan fingerprint density at radius 1 is 1.39 bits per heavy atom. The van der Waals surface area contributed by atoms with E-state index in [1.54, 1.807) is 13.2 Å². The minimum Gasteiger partial charge on any atom is -0.359 e. The van der Waals surface area contributed by atoms with Crippen LogP contribution in [-0.4, -0.2) is 53.7 Å². The first-order chi connectivity index (χ1) is 11.3. The predicted octanol–water partition coefficient (Wildman–Crippen LogP) is -0.0102. The minimum absolute atomic E-state index is 0.0540. The van der Waals surface area contributed by atoms with Crippen molar-refractivity contribution in [3.8, 4) is 0 Å². The van der Waals surface area contributed by atoms with Crippen LogP contribution in [0.1, 0.15) is 17.7 Å². The maximum absolute atomic E-state index is 12.0. The van der Waals surface area contributed by atoms with Crippen LogP contribution in [-0.2, 0) is 17.6 Å². The molecule has 2 N–H and O–H groups in total. The lowest BCUT2D eigenvalue weighted by molar-refractivity contribution is -0.123. The Bertz CT molecular complexity index is 739. The molecule has 0 radical (unpaired) electrons. The molecule has 4 rings (SSSR count). The Balaban J connectivity index is 1.78. The fraction of sp³-hybridized carbons (Fsp3) is 0.562. The van der Waals surface area contributed by atoms with Gasteiger partial charge in [-0.1, -0.05) is 0 Å². The molecule has 1 fully saturated rings. The molecule has 0 aromatic carbocycles. The highest BCUT2D eigenvalue weighted by Gasteiger charge is 2.31. The fourth-order valence-electron chi connectivity index (χ4n) is 3.71. The van der Waals surface area contributed by atoms with E-state index in [0.29, 0.717) is 0 Å². The van der Waals surface area contributed by atoms with Gasteiger partial charge in [-0.2, -0.15) is 9.61 Å². The molecule has 7 nitrogen and oxygen atoms in total. The van der Waals surface area contributed by atoms with Gasteiger partial charge < -0.3 is 15.5 Å². The number of carbonyl (C=O) groups excluding carboxylic acids is 1. The smallest absolute Gasteiger partial charge is 0.224 e. The van der Waals surface area contributed by atoms with Gasteiger partial charge in [0.05, 0.1) is 17.8 Å². The van der Waals surface area contributed by atoms with Crippen molar-refractivity contribution in [1.29, 1.82) is 0 Å². The molecule has 23 heavy (non-hydrogen) atoms. The number of fused-ring (bicyclic) bond motifs is 2. The van der Waals surface area contributed by atoms with Crippen LogP contribution in [0.15, 0.2) is 12.3 Å². The summed E-state index contributed by atoms with van der Waals surface area (Å²) in [5.74, 6) is 1.31. The van der Waals surface area contributed by atoms with E-state index in [-0.39, 0.29) is 11.8 Å². The molecule has 0 bridgehead atoms. The van der Waals surface area contributed by atoms with E-state index in [4.69, 9.17) is 4.98 Å². The second-order valence-electron chi connectivity index (χ2n) is 6.26. The van der Waals surface area contributed by atoms with Crippen molar-refractivity contribution in [1.82, 2.24) is 25.2 Å². The average molecular weight is 314 g/mol. The topological polar surface area (TPSA) is 74.6 Å². The van der Waals surface area contributed by atoms with Gasteiger partial charge in [0, 0.05) is 44.7 Å². The molecule has 2 aromatic heterocycles. The standard InChI is InChI=1S/C16H22N6O/c1-17-15(23)11-5-9-21(10-11)16-12-2-6-18-7-3-13(12)20-14-4-8-19-22(14)16/h4,8,11,18H,2-3,5-7,9-10H2,1H3,(H,17,23)/t11-/m0/s1. The summed E-state index contributed by atoms with van der Waals surface area (Å²) in [6.07, 6.45) is 4.58. The molecular formula is C16H22N6O. The van der Waals surface area contributed by atoms with Gasteiger partial charge in [0.15, 0.2) is 5.65 Å². The Kier molecular flexibility index (Phi) is 3.65. The molecule has 1 atom stereocenters. The van der Waals surface area contributed by atoms with Crippen LogP contribution in [0.5, 0.6) is 0 Å². The van der Waals surface area contributed by atoms with Crippen molar-refractivity contribution in [3.63, 3.8) is 0 Å². The van der Waals surface area contributed by atoms with Gasteiger partial charge in [-0.15, -0.1) is 0 Å². The third-order valence-corrected chi connectivity index (χ3v) is 4.89. The molecule has 2 aliphatic heterocycles. The molecule has 1 saturated heterocycles. The number of hydrogen-bond donors (Lipinski definition) is 2. The van der Waals surface area contributed by atoms with Crippen LogP contribution in [0.25, 0.3) is 5.65 Å². The number of hydrogen-bond acceptors (Lipinski definition) is 5. The van der Waals surface area contributed by atoms with Crippen molar-refractivity contribution in [2.24, 2.45) is 5.92 Å². The maximum Gasteiger partial charge on any atom is 0.224 e. The highest BCUT2D eigenvalue weighted by Crippen LogP contribution is 2.30. The zero-order chi connectivity index (χ0) is 15.8. The molecule has 1 amide bonds. The average Bonchev–Trinajstić information content (AvgIpc) is 3.17. The van der Waals surface area contributed by atoms with E-state index < -0.39 is 0 Å². The minimum atomic E-state index is 0.0540. The van der Waals surface area contributed by atoms with Gasteiger partial charge in [-0.05, 0) is 19.4 Å². The van der Waals surface area contributed by atoms with Gasteiger partial charge in [0.25, 0.3) is 0 Å². The van der Waals surface area contributed by atoms with Crippen molar-refractivity contribution in [2.45, 2.75) is 19.3 Å². The van der Waals surface area contributed by atoms with E-state index >= 15 is 0 Å². The number of nitrogens with one attached hydrogen (secondary N) is 2. The summed E-state index contributed by atoms with van der Waals surface area (Å²) >= 11 is 0. The van der Waals surface area contributed by atoms with Crippen LogP contribution in [0.3, 0.4) is 0 Å². The summed E-state index contributed by atoms with van der Waals surface area (Å²) in [4.78, 5) is 19.1. The van der Waals surface area contributed by atoms with Gasteiger partial charge in [-0.25, -0.2) is 4.98 Å². The third-order valence-electron chi connectivity index (χ3n) is 4.89. The van der Waals surface area contributed by atoms with Crippen molar-refractivity contribution >= 4 is 17.4 Å². The quantitative estimate of drug-likeness (QED) is 0.815. The molecule has 0 spiro atoms. The second-order valence-corrected chi connectivity index (χ2v) is 6.26. The zero-order valence-corrected chi connectivity index (χ0v) is 13.4. The van der Waals surface area contributed by atoms with Gasteiger partial charge in [0.2, 0.25) is 5.91 Å². The van der Waals surface area contributed by atoms with Crippen molar-refractivity contribution < 1.29 is 4.79 Å². The summed E-state index contributed by atoms with van der Waals surface area (Å²) in [5, 5.41) is 10.7. The third kappa shape index (κ3) is 2.45. The number of aromatic nitrogens is 3. The largest absolute Gasteiger partial charge is 0.359 e. The fourth-order valence-corrected chi connectivity index (χ4v) is 3.71. The van der Waals surface area contributed by atoms with Crippen LogP contribution in [0.4, 0.5) is 5.82 Å². The molecule has 122 valence electrons. The normalized spacial score (nSPS) is 21.3. The van der Waals surface area contributed by atoms with E-state index in [0.717, 1.165) is 56.9 Å². The molecule has 0 unspecified atom stereocenters. The molecular weight excluding hydrogens is 292 g/mol. The first-order valence-corrected chi connectivity index (χ1v) is 8.30. The summed E-state index contributed by atoms with van der Waals surface area (Å²) in [7, 11) is 1.71. The predicted molar refractivity (Wildman–Crippen MR) is 87.7 cm³/mol. The SMILES string of the molecule is CNC(=O)[C@H]1CCN(c2c3c(nc4ccnn24)CCNCC3)C1. The zero-order valence-electron chi connectivity index (χ0n) is 13.4. The summed E-state index contributed by atoms with van der Waals surface area (Å²) in [6, 6.07) is 1.95. The molecule has 2 aliphatic rings. The molecule has 0 saturated carbocycles. The second kappa shape index (κ2) is 5.81. The van der Waals surface area contributed by atoms with Crippen molar-refractivity contribution in [3.05, 3.63) is 23.5 Å². The number of nitrogens with zero attached hydrogens (tertiary/aromatic N) is 4. The Morgan fingerprint density at radius 3 is 3.13 bits per heavy atom. The van der Waals surface area contributed by atoms with Gasteiger partial charge in [0.1, 0.15) is 5.82 Å². The van der Waals surface area contributed by atoms with Crippen LogP contribution in [0, 0.1) is 5.92 Å². The monoisotopic (exact) mass is 314 g/mol. The maximum atomic E-state index is 12.0. The first-order valence-electron chi connectivity index (χ1n) is 8.30. The summed E-state index contributed by atoms with van der Waals surface area (Å²) in [5.41, 5.74) is 3.34. The first kappa shape index (κ1) is 14.4. The van der Waals surface area contributed by atoms with Crippen molar-refractivity contribution in [2.75, 3.05) is 38.1 Å². The van der Waals surface area contributed by atoms with E-state index in [1.807, 2.05) is 10.6 Å². The lowest BCUT2D eigenvalue weighted by Gasteiger charge is -2.23. The number of amides is 1. The van der Waals surface area contributed by atoms with Crippen LogP contribution in [0.2, 0.25) is 0 Å². The Morgan fingerprint density at radius 2 is 2.26 bits per heavy atom. The Hall–Kier alpha value is -2.15. The summed E-state index contributed by atoms with van der Waals surface area (Å²) in [6.45, 7) is 3.56. The van der Waals surface area contributed by atoms with E-state index in [2.05, 4.69) is 20.6 Å². The Labute approximate surface area is 135 Å². The lowest BCUT2D eigenvalue weighted by atomic mass is 10.1. The van der Waals surface area contributed by atoms with E-state index in [9.17, 15) is 4.79 Å². The molecule has 4 heterocycles. The van der Waals surface area contributed by atoms with E-state index in [1.165, 1.54) is 11.3 Å². The highest BCUT2D eigenvalue weighted by molar-refractivity contribution is 5.79. The number of rotatable bonds is 2. The van der Waals surface area contributed by atoms with Crippen LogP contribution >= 0.6 is 0 Å². The molecule has 7 heteroatoms. The number of carbonyl (C=O) groups is 1. The lowest BCUT2D eigenvalue weighted by Crippen LogP contribution is -2.31. The summed E-state index contributed by atoms with van der Waals surface area (Å²) < 4.78 is 1.94. The van der Waals surface area contributed by atoms with Gasteiger partial charge >= 0.3 is 0 Å². The molecule has 2 aromatic rings. The molecule has 0 aliphatic carbocycles. The number of anilines is 1.